The van der Waals surface area contributed by atoms with Crippen LogP contribution in [-0.4, -0.2) is 16.3 Å². The van der Waals surface area contributed by atoms with E-state index in [0.717, 1.165) is 19.6 Å². The summed E-state index contributed by atoms with van der Waals surface area (Å²) in [6.45, 7) is 7.15. The molecule has 3 aromatic rings. The lowest BCUT2D eigenvalue weighted by atomic mass is 10.2. The van der Waals surface area contributed by atoms with Gasteiger partial charge in [0, 0.05) is 21.7 Å². The maximum absolute atomic E-state index is 4.51. The monoisotopic (exact) mass is 285 g/mol. The molecule has 0 aliphatic rings. The SMILES string of the molecule is CCNCc1cc(Cn2ncc3ccccc32)c(C)s1. The van der Waals surface area contributed by atoms with Crippen molar-refractivity contribution in [3.63, 3.8) is 0 Å². The largest absolute Gasteiger partial charge is 0.312 e. The molecule has 20 heavy (non-hydrogen) atoms. The van der Waals surface area contributed by atoms with Crippen LogP contribution in [0.15, 0.2) is 36.5 Å². The van der Waals surface area contributed by atoms with Gasteiger partial charge in [-0.25, -0.2) is 0 Å². The van der Waals surface area contributed by atoms with Gasteiger partial charge in [-0.2, -0.15) is 5.10 Å². The number of thiophene rings is 1. The lowest BCUT2D eigenvalue weighted by Crippen LogP contribution is -2.10. The van der Waals surface area contributed by atoms with Gasteiger partial charge in [0.05, 0.1) is 18.3 Å². The zero-order chi connectivity index (χ0) is 13.9. The normalized spacial score (nSPS) is 11.3. The fourth-order valence-corrected chi connectivity index (χ4v) is 3.42. The molecule has 2 heterocycles. The Morgan fingerprint density at radius 3 is 3.00 bits per heavy atom. The van der Waals surface area contributed by atoms with Crippen LogP contribution < -0.4 is 5.32 Å². The van der Waals surface area contributed by atoms with Crippen LogP contribution in [0.4, 0.5) is 0 Å². The maximum atomic E-state index is 4.51. The van der Waals surface area contributed by atoms with Crippen molar-refractivity contribution in [2.45, 2.75) is 26.9 Å². The molecule has 3 rings (SSSR count). The summed E-state index contributed by atoms with van der Waals surface area (Å²) in [7, 11) is 0. The van der Waals surface area contributed by atoms with Gasteiger partial charge >= 0.3 is 0 Å². The molecule has 4 heteroatoms. The number of rotatable bonds is 5. The van der Waals surface area contributed by atoms with Gasteiger partial charge in [-0.15, -0.1) is 11.3 Å². The fraction of sp³-hybridized carbons (Fsp3) is 0.312. The molecule has 0 saturated heterocycles. The van der Waals surface area contributed by atoms with Crippen LogP contribution in [0, 0.1) is 6.92 Å². The Kier molecular flexibility index (Phi) is 3.85. The molecule has 0 aliphatic heterocycles. The zero-order valence-electron chi connectivity index (χ0n) is 11.9. The average molecular weight is 285 g/mol. The van der Waals surface area contributed by atoms with E-state index in [1.54, 1.807) is 0 Å². The Morgan fingerprint density at radius 2 is 2.15 bits per heavy atom. The van der Waals surface area contributed by atoms with E-state index in [1.165, 1.54) is 26.2 Å². The van der Waals surface area contributed by atoms with Crippen LogP contribution in [0.5, 0.6) is 0 Å². The molecule has 0 unspecified atom stereocenters. The molecule has 1 aromatic carbocycles. The quantitative estimate of drug-likeness (QED) is 0.776. The summed E-state index contributed by atoms with van der Waals surface area (Å²) < 4.78 is 2.08. The van der Waals surface area contributed by atoms with E-state index in [9.17, 15) is 0 Å². The third-order valence-corrected chi connectivity index (χ3v) is 4.58. The van der Waals surface area contributed by atoms with Crippen molar-refractivity contribution in [1.82, 2.24) is 15.1 Å². The first-order chi connectivity index (χ1) is 9.78. The summed E-state index contributed by atoms with van der Waals surface area (Å²) >= 11 is 1.88. The van der Waals surface area contributed by atoms with Crippen molar-refractivity contribution < 1.29 is 0 Å². The van der Waals surface area contributed by atoms with Gasteiger partial charge in [-0.3, -0.25) is 4.68 Å². The molecule has 104 valence electrons. The average Bonchev–Trinajstić information content (AvgIpc) is 3.02. The van der Waals surface area contributed by atoms with Crippen molar-refractivity contribution in [2.75, 3.05) is 6.54 Å². The van der Waals surface area contributed by atoms with Crippen molar-refractivity contribution in [2.24, 2.45) is 0 Å². The van der Waals surface area contributed by atoms with Crippen molar-refractivity contribution in [3.05, 3.63) is 51.8 Å². The molecular weight excluding hydrogens is 266 g/mol. The van der Waals surface area contributed by atoms with Crippen molar-refractivity contribution in [1.29, 1.82) is 0 Å². The number of fused-ring (bicyclic) bond motifs is 1. The number of para-hydroxylation sites is 1. The molecule has 0 spiro atoms. The van der Waals surface area contributed by atoms with Crippen LogP contribution in [0.25, 0.3) is 10.9 Å². The second kappa shape index (κ2) is 5.77. The highest BCUT2D eigenvalue weighted by Gasteiger charge is 2.08. The summed E-state index contributed by atoms with van der Waals surface area (Å²) in [5.41, 5.74) is 2.57. The van der Waals surface area contributed by atoms with E-state index < -0.39 is 0 Å². The standard InChI is InChI=1S/C16H19N3S/c1-3-17-10-15-8-14(12(2)20-15)11-19-16-7-5-4-6-13(16)9-18-19/h4-9,17H,3,10-11H2,1-2H3. The predicted octanol–water partition coefficient (Wildman–Crippen LogP) is 3.56. The summed E-state index contributed by atoms with van der Waals surface area (Å²) in [6.07, 6.45) is 1.94. The number of benzene rings is 1. The highest BCUT2D eigenvalue weighted by molar-refractivity contribution is 7.12. The predicted molar refractivity (Wildman–Crippen MR) is 85.3 cm³/mol. The molecule has 1 N–H and O–H groups in total. The minimum absolute atomic E-state index is 0.849. The van der Waals surface area contributed by atoms with Crippen LogP contribution in [0.3, 0.4) is 0 Å². The number of nitrogens with one attached hydrogen (secondary N) is 1. The van der Waals surface area contributed by atoms with Crippen LogP contribution >= 0.6 is 11.3 Å². The van der Waals surface area contributed by atoms with E-state index >= 15 is 0 Å². The van der Waals surface area contributed by atoms with E-state index in [-0.39, 0.29) is 0 Å². The van der Waals surface area contributed by atoms with E-state index in [2.05, 4.69) is 59.3 Å². The van der Waals surface area contributed by atoms with E-state index in [1.807, 2.05) is 17.5 Å². The van der Waals surface area contributed by atoms with Crippen LogP contribution in [0.2, 0.25) is 0 Å². The number of hydrogen-bond acceptors (Lipinski definition) is 3. The highest BCUT2D eigenvalue weighted by atomic mass is 32.1. The summed E-state index contributed by atoms with van der Waals surface area (Å²) in [6, 6.07) is 10.7. The summed E-state index contributed by atoms with van der Waals surface area (Å²) in [4.78, 5) is 2.79. The molecule has 0 radical (unpaired) electrons. The number of nitrogens with zero attached hydrogens (tertiary/aromatic N) is 2. The minimum atomic E-state index is 0.849. The third kappa shape index (κ3) is 2.62. The first-order valence-electron chi connectivity index (χ1n) is 6.97. The molecule has 0 aliphatic carbocycles. The van der Waals surface area contributed by atoms with Crippen molar-refractivity contribution in [3.8, 4) is 0 Å². The third-order valence-electron chi connectivity index (χ3n) is 3.49. The summed E-state index contributed by atoms with van der Waals surface area (Å²) in [5.74, 6) is 0. The van der Waals surface area contributed by atoms with E-state index in [4.69, 9.17) is 0 Å². The van der Waals surface area contributed by atoms with Gasteiger partial charge in [0.25, 0.3) is 0 Å². The molecule has 0 saturated carbocycles. The Morgan fingerprint density at radius 1 is 1.30 bits per heavy atom. The van der Waals surface area contributed by atoms with Gasteiger partial charge in [0.15, 0.2) is 0 Å². The molecule has 0 amide bonds. The van der Waals surface area contributed by atoms with Gasteiger partial charge in [-0.1, -0.05) is 25.1 Å². The van der Waals surface area contributed by atoms with Gasteiger partial charge in [0.1, 0.15) is 0 Å². The number of aromatic nitrogens is 2. The molecule has 0 atom stereocenters. The second-order valence-electron chi connectivity index (χ2n) is 4.94. The Bertz CT molecular complexity index is 711. The molecular formula is C16H19N3S. The molecule has 0 bridgehead atoms. The molecule has 2 aromatic heterocycles. The van der Waals surface area contributed by atoms with Crippen molar-refractivity contribution >= 4 is 22.2 Å². The Balaban J connectivity index is 1.85. The summed E-state index contributed by atoms with van der Waals surface area (Å²) in [5, 5.41) is 9.09. The fourth-order valence-electron chi connectivity index (χ4n) is 2.39. The van der Waals surface area contributed by atoms with Gasteiger partial charge < -0.3 is 5.32 Å². The van der Waals surface area contributed by atoms with Gasteiger partial charge in [0.2, 0.25) is 0 Å². The molecule has 0 fully saturated rings. The van der Waals surface area contributed by atoms with Crippen LogP contribution in [-0.2, 0) is 13.1 Å². The highest BCUT2D eigenvalue weighted by Crippen LogP contribution is 2.23. The van der Waals surface area contributed by atoms with E-state index in [0.29, 0.717) is 0 Å². The number of hydrogen-bond donors (Lipinski definition) is 1. The molecule has 3 nitrogen and oxygen atoms in total. The lowest BCUT2D eigenvalue weighted by molar-refractivity contribution is 0.708. The topological polar surface area (TPSA) is 29.9 Å². The Hall–Kier alpha value is -1.65. The smallest absolute Gasteiger partial charge is 0.0686 e. The number of aryl methyl sites for hydroxylation is 1. The first kappa shape index (κ1) is 13.3. The Labute approximate surface area is 123 Å². The second-order valence-corrected chi connectivity index (χ2v) is 6.28. The zero-order valence-corrected chi connectivity index (χ0v) is 12.7. The maximum Gasteiger partial charge on any atom is 0.0686 e. The minimum Gasteiger partial charge on any atom is -0.312 e. The van der Waals surface area contributed by atoms with Gasteiger partial charge in [-0.05, 0) is 31.2 Å². The first-order valence-corrected chi connectivity index (χ1v) is 7.79. The lowest BCUT2D eigenvalue weighted by Gasteiger charge is -2.03. The van der Waals surface area contributed by atoms with Crippen LogP contribution in [0.1, 0.15) is 22.2 Å².